The fourth-order valence-electron chi connectivity index (χ4n) is 8.58. The van der Waals surface area contributed by atoms with E-state index in [2.05, 4.69) is 14.2 Å². The number of anilines is 3. The van der Waals surface area contributed by atoms with Gasteiger partial charge in [-0.1, -0.05) is 127 Å². The Morgan fingerprint density at radius 3 is 0.753 bits per heavy atom. The van der Waals surface area contributed by atoms with E-state index >= 15 is 0 Å². The van der Waals surface area contributed by atoms with Gasteiger partial charge in [-0.25, -0.2) is 39.6 Å². The topological polar surface area (TPSA) is 217 Å². The molecule has 0 amide bonds. The van der Waals surface area contributed by atoms with Gasteiger partial charge in [0.25, 0.3) is 30.1 Å². The van der Waals surface area contributed by atoms with E-state index in [0.717, 1.165) is 67.4 Å². The zero-order valence-corrected chi connectivity index (χ0v) is 47.8. The molecule has 81 heavy (non-hydrogen) atoms. The van der Waals surface area contributed by atoms with E-state index < -0.39 is 48.0 Å². The highest BCUT2D eigenvalue weighted by atomic mass is 32.2. The molecule has 0 fully saturated rings. The van der Waals surface area contributed by atoms with Crippen LogP contribution in [0.3, 0.4) is 0 Å². The van der Waals surface area contributed by atoms with Crippen LogP contribution in [0.4, 0.5) is 17.1 Å². The predicted molar refractivity (Wildman–Crippen MR) is 318 cm³/mol. The number of methoxy groups -OCH3 is 3. The smallest absolute Gasteiger partial charge is 0.350 e. The first kappa shape index (κ1) is 55.6. The lowest BCUT2D eigenvalue weighted by molar-refractivity contribution is 0.0598. The average molecular weight is 1190 g/mol. The van der Waals surface area contributed by atoms with Gasteiger partial charge in [-0.3, -0.25) is 14.2 Å². The molecule has 3 N–H and O–H groups in total. The number of ether oxygens (including phenoxy) is 3. The predicted octanol–water partition coefficient (Wildman–Crippen LogP) is 13.6. The molecule has 0 aliphatic rings. The first-order valence-corrected chi connectivity index (χ1v) is 31.2. The Hall–Kier alpha value is -8.70. The zero-order chi connectivity index (χ0) is 57.1. The molecule has 15 nitrogen and oxygen atoms in total. The van der Waals surface area contributed by atoms with Crippen LogP contribution in [0.25, 0.3) is 64.7 Å². The maximum absolute atomic E-state index is 13.4. The van der Waals surface area contributed by atoms with E-state index in [-0.39, 0.29) is 46.4 Å². The van der Waals surface area contributed by atoms with Crippen LogP contribution in [0.2, 0.25) is 0 Å². The van der Waals surface area contributed by atoms with Gasteiger partial charge in [0, 0.05) is 14.6 Å². The quantitative estimate of drug-likeness (QED) is 0.0540. The highest BCUT2D eigenvalue weighted by molar-refractivity contribution is 7.93. The van der Waals surface area contributed by atoms with Gasteiger partial charge in [-0.05, 0) is 123 Å². The van der Waals surface area contributed by atoms with Crippen LogP contribution in [0.15, 0.2) is 215 Å². The Balaban J connectivity index is 1.00. The fraction of sp³-hybridized carbons (Fsp3) is 0.0500. The first-order chi connectivity index (χ1) is 38.9. The normalized spacial score (nSPS) is 11.6. The third-order valence-electron chi connectivity index (χ3n) is 12.6. The van der Waals surface area contributed by atoms with Crippen molar-refractivity contribution < 1.29 is 53.8 Å². The summed E-state index contributed by atoms with van der Waals surface area (Å²) in [6.45, 7) is 0. The number of esters is 3. The van der Waals surface area contributed by atoms with Gasteiger partial charge in [-0.15, -0.1) is 34.0 Å². The summed E-state index contributed by atoms with van der Waals surface area (Å²) < 4.78 is 103. The Morgan fingerprint density at radius 1 is 0.309 bits per heavy atom. The molecule has 0 atom stereocenters. The van der Waals surface area contributed by atoms with Gasteiger partial charge in [0.05, 0.1) is 53.1 Å². The number of nitrogens with one attached hydrogen (secondary N) is 3. The van der Waals surface area contributed by atoms with Crippen LogP contribution in [-0.4, -0.2) is 64.5 Å². The maximum atomic E-state index is 13.4. The van der Waals surface area contributed by atoms with Gasteiger partial charge < -0.3 is 14.2 Å². The van der Waals surface area contributed by atoms with Crippen molar-refractivity contribution in [3.05, 3.63) is 215 Å². The van der Waals surface area contributed by atoms with Crippen LogP contribution >= 0.6 is 34.0 Å². The molecule has 0 unspecified atom stereocenters. The van der Waals surface area contributed by atoms with Gasteiger partial charge in [0.2, 0.25) is 0 Å². The van der Waals surface area contributed by atoms with E-state index in [4.69, 9.17) is 14.2 Å². The molecule has 0 saturated heterocycles. The molecule has 10 aromatic rings. The third-order valence-corrected chi connectivity index (χ3v) is 20.3. The summed E-state index contributed by atoms with van der Waals surface area (Å²) in [4.78, 5) is 41.1. The summed E-state index contributed by atoms with van der Waals surface area (Å²) >= 11 is 3.26. The first-order valence-electron chi connectivity index (χ1n) is 24.3. The van der Waals surface area contributed by atoms with Crippen molar-refractivity contribution in [3.8, 4) is 64.7 Å². The van der Waals surface area contributed by atoms with Gasteiger partial charge >= 0.3 is 17.9 Å². The highest BCUT2D eigenvalue weighted by Gasteiger charge is 2.27. The van der Waals surface area contributed by atoms with E-state index in [1.165, 1.54) is 57.7 Å². The lowest BCUT2D eigenvalue weighted by Crippen LogP contribution is -2.14. The molecule has 0 bridgehead atoms. The third kappa shape index (κ3) is 12.1. The van der Waals surface area contributed by atoms with Crippen LogP contribution < -0.4 is 14.2 Å². The Morgan fingerprint density at radius 2 is 0.531 bits per heavy atom. The lowest BCUT2D eigenvalue weighted by Gasteiger charge is -2.13. The zero-order valence-electron chi connectivity index (χ0n) is 42.9. The van der Waals surface area contributed by atoms with Crippen molar-refractivity contribution in [2.75, 3.05) is 35.5 Å². The minimum Gasteiger partial charge on any atom is -0.465 e. The molecule has 0 radical (unpaired) electrons. The van der Waals surface area contributed by atoms with Crippen molar-refractivity contribution in [2.24, 2.45) is 0 Å². The Labute approximate surface area is 479 Å². The number of thiophene rings is 3. The van der Waals surface area contributed by atoms with Crippen molar-refractivity contribution in [1.29, 1.82) is 0 Å². The second-order valence-electron chi connectivity index (χ2n) is 17.8. The molecule has 408 valence electrons. The molecule has 7 aromatic carbocycles. The number of sulfonamides is 3. The molecule has 0 spiro atoms. The minimum atomic E-state index is -4.05. The lowest BCUT2D eigenvalue weighted by atomic mass is 9.92. The van der Waals surface area contributed by atoms with Crippen LogP contribution in [0, 0.1) is 0 Å². The van der Waals surface area contributed by atoms with Crippen LogP contribution in [0.1, 0.15) is 29.0 Å². The summed E-state index contributed by atoms with van der Waals surface area (Å²) in [7, 11) is -8.46. The number of hydrogen-bond donors (Lipinski definition) is 3. The van der Waals surface area contributed by atoms with Gasteiger partial charge in [0.15, 0.2) is 0 Å². The van der Waals surface area contributed by atoms with E-state index in [0.29, 0.717) is 31.3 Å². The molecule has 3 aromatic heterocycles. The summed E-state index contributed by atoms with van der Waals surface area (Å²) in [6, 6.07) is 57.2. The monoisotopic (exact) mass is 1190 g/mol. The Kier molecular flexibility index (Phi) is 15.9. The molecule has 10 rings (SSSR count). The molecule has 0 aliphatic heterocycles. The number of rotatable bonds is 18. The number of carbonyl (C=O) groups excluding carboxylic acids is 3. The molecular weight excluding hydrogens is 1150 g/mol. The second-order valence-corrected chi connectivity index (χ2v) is 26.0. The summed E-state index contributed by atoms with van der Waals surface area (Å²) in [5, 5.41) is 0. The maximum Gasteiger partial charge on any atom is 0.350 e. The fourth-order valence-corrected chi connectivity index (χ4v) is 15.1. The van der Waals surface area contributed by atoms with E-state index in [1.807, 2.05) is 91.0 Å². The van der Waals surface area contributed by atoms with E-state index in [1.54, 1.807) is 72.8 Å². The summed E-state index contributed by atoms with van der Waals surface area (Å²) in [5.41, 5.74) is 7.32. The van der Waals surface area contributed by atoms with Crippen molar-refractivity contribution in [3.63, 3.8) is 0 Å². The van der Waals surface area contributed by atoms with Crippen LogP contribution in [0.5, 0.6) is 0 Å². The SMILES string of the molecule is COC(=O)c1sc(-c2ccc(-c3cc(-c4ccc(-c5cc(NS(=O)(=O)c6ccccc6)c(C(=O)OC)s5)cc4)cc(-c4ccc(-c5cc(NS(=O)(=O)c6ccccc6)c(C(=O)OC)s5)cc4)c3)cc2)cc1NS(=O)(=O)c1ccccc1. The molecule has 21 heteroatoms. The second kappa shape index (κ2) is 23.2. The number of hydrogen-bond acceptors (Lipinski definition) is 15. The minimum absolute atomic E-state index is 0.0292. The largest absolute Gasteiger partial charge is 0.465 e. The molecule has 0 aliphatic carbocycles. The molecular formula is C60H45N3O12S6. The van der Waals surface area contributed by atoms with Gasteiger partial charge in [0.1, 0.15) is 14.6 Å². The van der Waals surface area contributed by atoms with Crippen molar-refractivity contribution >= 4 is 99.1 Å². The molecule has 3 heterocycles. The van der Waals surface area contributed by atoms with Crippen molar-refractivity contribution in [1.82, 2.24) is 0 Å². The summed E-state index contributed by atoms with van der Waals surface area (Å²) in [5.74, 6) is -2.10. The molecule has 0 saturated carbocycles. The standard InChI is InChI=1S/C60H45N3O12S6/c1-73-58(64)55-49(61-79(67,68)46-13-7-4-8-14-46)34-52(76-55)40-25-19-37(20-26-40)43-31-44(38-21-27-41(28-22-38)53-35-50(56(77-53)59(65)74-2)62-80(69,70)47-15-9-5-10-16-47)33-45(32-43)39-23-29-42(30-24-39)54-36-51(57(78-54)60(66)75-3)63-81(71,72)48-17-11-6-12-18-48/h4-36,61-63H,1-3H3. The Bertz CT molecular complexity index is 3880. The van der Waals surface area contributed by atoms with Crippen molar-refractivity contribution in [2.45, 2.75) is 14.7 Å². The highest BCUT2D eigenvalue weighted by Crippen LogP contribution is 2.42. The summed E-state index contributed by atoms with van der Waals surface area (Å²) in [6.07, 6.45) is 0. The average Bonchev–Trinajstić information content (AvgIpc) is 4.31. The van der Waals surface area contributed by atoms with E-state index in [9.17, 15) is 39.6 Å². The number of carbonyl (C=O) groups is 3. The number of benzene rings is 7. The van der Waals surface area contributed by atoms with Crippen LogP contribution in [-0.2, 0) is 44.3 Å². The van der Waals surface area contributed by atoms with Gasteiger partial charge in [-0.2, -0.15) is 0 Å².